The van der Waals surface area contributed by atoms with Gasteiger partial charge in [0.1, 0.15) is 5.60 Å². The van der Waals surface area contributed by atoms with Crippen molar-refractivity contribution in [3.8, 4) is 34.1 Å². The number of unbranched alkanes of at least 4 members (excludes halogenated alkanes) is 4. The summed E-state index contributed by atoms with van der Waals surface area (Å²) in [7, 11) is 6.20. The van der Waals surface area contributed by atoms with Crippen LogP contribution in [0, 0.1) is 17.8 Å². The zero-order valence-corrected chi connectivity index (χ0v) is 29.0. The highest BCUT2D eigenvalue weighted by Gasteiger charge is 2.53. The van der Waals surface area contributed by atoms with Crippen LogP contribution in [0.2, 0.25) is 0 Å². The molecule has 0 spiro atoms. The minimum atomic E-state index is -0.383. The first-order chi connectivity index (χ1) is 23.3. The maximum absolute atomic E-state index is 13.3. The van der Waals surface area contributed by atoms with Gasteiger partial charge in [0.05, 0.1) is 34.5 Å². The molecule has 0 saturated heterocycles. The van der Waals surface area contributed by atoms with Crippen molar-refractivity contribution >= 4 is 11.9 Å². The molecule has 2 aromatic carbocycles. The van der Waals surface area contributed by atoms with Crippen LogP contribution in [0.25, 0.3) is 11.1 Å². The molecule has 1 atom stereocenters. The molecular weight excluding hydrogens is 610 g/mol. The first-order valence-electron chi connectivity index (χ1n) is 17.8. The summed E-state index contributed by atoms with van der Waals surface area (Å²) in [4.78, 5) is 39.1. The smallest absolute Gasteiger partial charge is 0.306 e. The van der Waals surface area contributed by atoms with Gasteiger partial charge in [0.2, 0.25) is 17.1 Å². The van der Waals surface area contributed by atoms with Crippen LogP contribution in [0.4, 0.5) is 0 Å². The van der Waals surface area contributed by atoms with Gasteiger partial charge in [-0.05, 0) is 117 Å². The molecule has 0 radical (unpaired) electrons. The van der Waals surface area contributed by atoms with Crippen LogP contribution in [0.3, 0.4) is 0 Å². The summed E-state index contributed by atoms with van der Waals surface area (Å²) in [5, 5.41) is 3.22. The van der Waals surface area contributed by atoms with E-state index in [0.29, 0.717) is 48.5 Å². The molecule has 48 heavy (non-hydrogen) atoms. The molecule has 5 aliphatic carbocycles. The molecule has 4 fully saturated rings. The van der Waals surface area contributed by atoms with Crippen molar-refractivity contribution in [1.29, 1.82) is 0 Å². The second kappa shape index (κ2) is 14.8. The lowest BCUT2D eigenvalue weighted by Crippen LogP contribution is -2.52. The van der Waals surface area contributed by atoms with E-state index in [9.17, 15) is 14.4 Å². The Morgan fingerprint density at radius 3 is 2.02 bits per heavy atom. The summed E-state index contributed by atoms with van der Waals surface area (Å²) in [6.07, 6.45) is 13.8. The number of carbonyl (C=O) groups excluding carboxylic acids is 2. The normalized spacial score (nSPS) is 24.9. The fraction of sp³-hybridized carbons (Fsp3) is 0.615. The Bertz CT molecular complexity index is 1530. The summed E-state index contributed by atoms with van der Waals surface area (Å²) in [6, 6.07) is 6.64. The molecular formula is C39H51NO8. The Morgan fingerprint density at radius 1 is 0.771 bits per heavy atom. The van der Waals surface area contributed by atoms with Gasteiger partial charge in [-0.2, -0.15) is 0 Å². The lowest BCUT2D eigenvalue weighted by Gasteiger charge is -2.55. The van der Waals surface area contributed by atoms with Gasteiger partial charge < -0.3 is 29.0 Å². The highest BCUT2D eigenvalue weighted by Crippen LogP contribution is 2.57. The fourth-order valence-corrected chi connectivity index (χ4v) is 9.42. The van der Waals surface area contributed by atoms with E-state index in [1.54, 1.807) is 33.5 Å². The van der Waals surface area contributed by atoms with Crippen LogP contribution in [0.1, 0.15) is 107 Å². The maximum Gasteiger partial charge on any atom is 0.306 e. The third-order valence-corrected chi connectivity index (χ3v) is 11.2. The summed E-state index contributed by atoms with van der Waals surface area (Å²) in [5.74, 6) is 3.97. The number of carbonyl (C=O) groups is 2. The Hall–Kier alpha value is -3.75. The number of hydrogen-bond acceptors (Lipinski definition) is 8. The van der Waals surface area contributed by atoms with E-state index in [1.165, 1.54) is 26.4 Å². The molecule has 0 unspecified atom stereocenters. The number of rotatable bonds is 14. The van der Waals surface area contributed by atoms with Crippen LogP contribution in [0.5, 0.6) is 23.0 Å². The van der Waals surface area contributed by atoms with Crippen molar-refractivity contribution in [2.45, 2.75) is 108 Å². The van der Waals surface area contributed by atoms with Crippen LogP contribution in [-0.4, -0.2) is 45.9 Å². The average Bonchev–Trinajstić information content (AvgIpc) is 3.30. The standard InChI is InChI=1S/C39H51NO8/c1-44-32-15-13-28-29(20-31(32)41)30(14-12-27-19-33(45-2)37(46-3)38(47-4)36(27)28)40-34(42)10-8-6-5-7-9-11-35(43)48-39-21-24-16-25(22-39)18-26(17-24)23-39/h13,15,19-20,24-26,30H,5-12,14,16-18,21-23H2,1-4H3,(H,40,42)/t24?,25?,26?,30-,39?/m0/s1. The SMILES string of the molecule is COc1cc2c(c(OC)c1OC)-c1ccc(OC)c(=O)cc1[C@@H](NC(=O)CCCCCCCC(=O)OC13CC4CC(CC(C4)C1)C3)CC2. The van der Waals surface area contributed by atoms with Gasteiger partial charge in [0.25, 0.3) is 0 Å². The fourth-order valence-electron chi connectivity index (χ4n) is 9.42. The molecule has 1 N–H and O–H groups in total. The lowest BCUT2D eigenvalue weighted by molar-refractivity contribution is -0.186. The topological polar surface area (TPSA) is 109 Å². The monoisotopic (exact) mass is 661 g/mol. The van der Waals surface area contributed by atoms with Crippen LogP contribution >= 0.6 is 0 Å². The number of benzene rings is 1. The van der Waals surface area contributed by atoms with Crippen molar-refractivity contribution in [2.24, 2.45) is 17.8 Å². The molecule has 260 valence electrons. The van der Waals surface area contributed by atoms with Gasteiger partial charge in [0, 0.05) is 18.4 Å². The van der Waals surface area contributed by atoms with Crippen molar-refractivity contribution in [1.82, 2.24) is 5.32 Å². The molecule has 9 nitrogen and oxygen atoms in total. The number of hydrogen-bond donors (Lipinski definition) is 1. The van der Waals surface area contributed by atoms with Crippen LogP contribution < -0.4 is 29.7 Å². The molecule has 1 amide bonds. The van der Waals surface area contributed by atoms with E-state index in [0.717, 1.165) is 85.8 Å². The van der Waals surface area contributed by atoms with Crippen LogP contribution in [0.15, 0.2) is 29.1 Å². The predicted octanol–water partition coefficient (Wildman–Crippen LogP) is 7.09. The molecule has 4 bridgehead atoms. The van der Waals surface area contributed by atoms with E-state index >= 15 is 0 Å². The van der Waals surface area contributed by atoms with Crippen LogP contribution in [-0.2, 0) is 20.7 Å². The molecule has 0 aromatic heterocycles. The predicted molar refractivity (Wildman–Crippen MR) is 183 cm³/mol. The van der Waals surface area contributed by atoms with E-state index in [-0.39, 0.29) is 34.7 Å². The second-order valence-electron chi connectivity index (χ2n) is 14.5. The highest BCUT2D eigenvalue weighted by atomic mass is 16.6. The van der Waals surface area contributed by atoms with E-state index in [4.69, 9.17) is 23.7 Å². The molecule has 5 aliphatic rings. The molecule has 4 saturated carbocycles. The van der Waals surface area contributed by atoms with Gasteiger partial charge in [-0.15, -0.1) is 0 Å². The summed E-state index contributed by atoms with van der Waals surface area (Å²) in [5.41, 5.74) is 2.84. The number of nitrogens with one attached hydrogen (secondary N) is 1. The van der Waals surface area contributed by atoms with Crippen molar-refractivity contribution in [2.75, 3.05) is 28.4 Å². The second-order valence-corrected chi connectivity index (χ2v) is 14.5. The minimum Gasteiger partial charge on any atom is -0.493 e. The molecule has 2 aromatic rings. The van der Waals surface area contributed by atoms with Gasteiger partial charge >= 0.3 is 5.97 Å². The Labute approximate surface area is 284 Å². The van der Waals surface area contributed by atoms with Gasteiger partial charge in [0.15, 0.2) is 17.2 Å². The third-order valence-electron chi connectivity index (χ3n) is 11.2. The first-order valence-corrected chi connectivity index (χ1v) is 17.8. The van der Waals surface area contributed by atoms with E-state index in [2.05, 4.69) is 5.32 Å². The zero-order chi connectivity index (χ0) is 33.8. The largest absolute Gasteiger partial charge is 0.493 e. The maximum atomic E-state index is 13.3. The minimum absolute atomic E-state index is 0.0241. The number of ether oxygens (including phenoxy) is 5. The summed E-state index contributed by atoms with van der Waals surface area (Å²) < 4.78 is 28.7. The quantitative estimate of drug-likeness (QED) is 0.169. The zero-order valence-electron chi connectivity index (χ0n) is 29.0. The number of aryl methyl sites for hydroxylation is 1. The van der Waals surface area contributed by atoms with Crippen molar-refractivity contribution in [3.63, 3.8) is 0 Å². The van der Waals surface area contributed by atoms with Gasteiger partial charge in [-0.25, -0.2) is 0 Å². The van der Waals surface area contributed by atoms with Gasteiger partial charge in [-0.3, -0.25) is 14.4 Å². The highest BCUT2D eigenvalue weighted by molar-refractivity contribution is 5.83. The third kappa shape index (κ3) is 7.15. The van der Waals surface area contributed by atoms with Gasteiger partial charge in [-0.1, -0.05) is 25.3 Å². The van der Waals surface area contributed by atoms with E-state index in [1.807, 2.05) is 12.1 Å². The number of amides is 1. The number of esters is 1. The molecule has 0 heterocycles. The van der Waals surface area contributed by atoms with Crippen molar-refractivity contribution in [3.05, 3.63) is 45.6 Å². The Balaban J connectivity index is 1.03. The number of methoxy groups -OCH3 is 4. The van der Waals surface area contributed by atoms with Crippen molar-refractivity contribution < 1.29 is 33.3 Å². The molecule has 0 aliphatic heterocycles. The summed E-state index contributed by atoms with van der Waals surface area (Å²) in [6.45, 7) is 0. The number of fused-ring (bicyclic) bond motifs is 3. The van der Waals surface area contributed by atoms with E-state index < -0.39 is 0 Å². The lowest BCUT2D eigenvalue weighted by atomic mass is 9.54. The summed E-state index contributed by atoms with van der Waals surface area (Å²) >= 11 is 0. The average molecular weight is 662 g/mol. The first kappa shape index (κ1) is 34.1. The Kier molecular flexibility index (Phi) is 10.5. The molecule has 9 heteroatoms. The molecule has 7 rings (SSSR count). The Morgan fingerprint density at radius 2 is 1.40 bits per heavy atom.